The Morgan fingerprint density at radius 2 is 1.91 bits per heavy atom. The third-order valence-corrected chi connectivity index (χ3v) is 7.00. The van der Waals surface area contributed by atoms with Gasteiger partial charge in [0.05, 0.1) is 15.6 Å². The van der Waals surface area contributed by atoms with E-state index < -0.39 is 0 Å². The maximum Gasteiger partial charge on any atom is 0.327 e. The topological polar surface area (TPSA) is 83.4 Å². The Hall–Kier alpha value is -3.16. The van der Waals surface area contributed by atoms with Crippen LogP contribution in [0.1, 0.15) is 42.1 Å². The Balaban J connectivity index is 1.36. The van der Waals surface area contributed by atoms with Gasteiger partial charge >= 0.3 is 5.69 Å². The standard InChI is InChI=1S/C25H23Cl2N5O2/c26-19-7-6-16(14-20(19)27)23(33)21-15-18(4-1-2-10-28-21)31-12-8-17(9-13-31)32-22-5-3-11-29-24(22)30-25(32)34/h3-7,10-11,14-15,17H,1-2,8-9,12-13H2,(H,29,30,34)/b18-4+,21-15-,28-10?. The number of nitrogens with zero attached hydrogens (tertiary/aromatic N) is 4. The van der Waals surface area contributed by atoms with Crippen molar-refractivity contribution in [2.45, 2.75) is 31.7 Å². The molecule has 1 N–H and O–H groups in total. The number of Topliss-reactive ketones (excluding diaryl/α,β-unsaturated/α-hetero) is 1. The van der Waals surface area contributed by atoms with Crippen LogP contribution >= 0.6 is 23.2 Å². The molecule has 174 valence electrons. The van der Waals surface area contributed by atoms with Gasteiger partial charge in [-0.1, -0.05) is 29.3 Å². The van der Waals surface area contributed by atoms with E-state index in [1.807, 2.05) is 22.8 Å². The number of likely N-dealkylation sites (tertiary alicyclic amines) is 1. The molecular weight excluding hydrogens is 473 g/mol. The molecule has 2 aromatic heterocycles. The number of hydrogen-bond donors (Lipinski definition) is 1. The van der Waals surface area contributed by atoms with Gasteiger partial charge in [-0.05, 0) is 62.1 Å². The zero-order valence-electron chi connectivity index (χ0n) is 18.4. The second-order valence-electron chi connectivity index (χ2n) is 8.40. The predicted molar refractivity (Wildman–Crippen MR) is 135 cm³/mol. The fourth-order valence-corrected chi connectivity index (χ4v) is 4.84. The molecule has 9 heteroatoms. The number of aromatic amines is 1. The number of nitrogens with one attached hydrogen (secondary N) is 1. The van der Waals surface area contributed by atoms with Crippen LogP contribution in [-0.2, 0) is 0 Å². The van der Waals surface area contributed by atoms with Crippen molar-refractivity contribution in [3.8, 4) is 0 Å². The molecule has 1 aromatic carbocycles. The van der Waals surface area contributed by atoms with Gasteiger partial charge in [0, 0.05) is 42.8 Å². The van der Waals surface area contributed by atoms with Gasteiger partial charge in [-0.25, -0.2) is 9.78 Å². The number of benzene rings is 1. The number of aliphatic imine (C=N–C) groups is 1. The van der Waals surface area contributed by atoms with Crippen LogP contribution in [0.4, 0.5) is 0 Å². The summed E-state index contributed by atoms with van der Waals surface area (Å²) in [4.78, 5) is 39.5. The normalized spacial score (nSPS) is 20.4. The van der Waals surface area contributed by atoms with Crippen molar-refractivity contribution in [1.29, 1.82) is 0 Å². The van der Waals surface area contributed by atoms with Crippen molar-refractivity contribution in [3.63, 3.8) is 0 Å². The van der Waals surface area contributed by atoms with Crippen LogP contribution in [0.15, 0.2) is 69.9 Å². The molecule has 2 aliphatic rings. The number of allylic oxidation sites excluding steroid dienone is 3. The number of H-pyrrole nitrogens is 1. The van der Waals surface area contributed by atoms with Crippen LogP contribution in [0.2, 0.25) is 10.0 Å². The first kappa shape index (κ1) is 22.6. The average Bonchev–Trinajstić information content (AvgIpc) is 3.16. The lowest BCUT2D eigenvalue weighted by atomic mass is 10.0. The van der Waals surface area contributed by atoms with Crippen LogP contribution in [0.25, 0.3) is 11.2 Å². The lowest BCUT2D eigenvalue weighted by Gasteiger charge is -2.35. The van der Waals surface area contributed by atoms with E-state index in [2.05, 4.69) is 25.9 Å². The minimum atomic E-state index is -0.199. The summed E-state index contributed by atoms with van der Waals surface area (Å²) in [7, 11) is 0. The lowest BCUT2D eigenvalue weighted by Crippen LogP contribution is -2.36. The summed E-state index contributed by atoms with van der Waals surface area (Å²) in [5, 5.41) is 0.741. The Morgan fingerprint density at radius 1 is 1.09 bits per heavy atom. The number of carbonyl (C=O) groups excluding carboxylic acids is 1. The summed E-state index contributed by atoms with van der Waals surface area (Å²) in [6.45, 7) is 1.54. The molecule has 5 rings (SSSR count). The highest BCUT2D eigenvalue weighted by atomic mass is 35.5. The number of pyridine rings is 1. The van der Waals surface area contributed by atoms with Gasteiger partial charge in [0.15, 0.2) is 5.65 Å². The Bertz CT molecular complexity index is 1390. The second-order valence-corrected chi connectivity index (χ2v) is 9.21. The highest BCUT2D eigenvalue weighted by Crippen LogP contribution is 2.29. The van der Waals surface area contributed by atoms with Gasteiger partial charge in [0.1, 0.15) is 5.70 Å². The van der Waals surface area contributed by atoms with E-state index >= 15 is 0 Å². The SMILES string of the molecule is O=C(/C1=C/C(N2CCC(n3c(=O)[nH]c4ncccc43)CC2)=C\CCC=N1)c1ccc(Cl)c(Cl)c1. The molecule has 34 heavy (non-hydrogen) atoms. The average molecular weight is 496 g/mol. The number of rotatable bonds is 4. The van der Waals surface area contributed by atoms with E-state index in [1.54, 1.807) is 30.6 Å². The molecular formula is C25H23Cl2N5O2. The maximum atomic E-state index is 13.1. The first-order valence-electron chi connectivity index (χ1n) is 11.3. The van der Waals surface area contributed by atoms with Crippen molar-refractivity contribution in [2.75, 3.05) is 13.1 Å². The zero-order valence-corrected chi connectivity index (χ0v) is 19.9. The van der Waals surface area contributed by atoms with Crippen molar-refractivity contribution >= 4 is 46.4 Å². The van der Waals surface area contributed by atoms with Gasteiger partial charge in [-0.2, -0.15) is 0 Å². The summed E-state index contributed by atoms with van der Waals surface area (Å²) in [5.74, 6) is -0.199. The quantitative estimate of drug-likeness (QED) is 0.505. The summed E-state index contributed by atoms with van der Waals surface area (Å²) >= 11 is 12.1. The van der Waals surface area contributed by atoms with E-state index in [1.165, 1.54) is 0 Å². The summed E-state index contributed by atoms with van der Waals surface area (Å²) < 4.78 is 1.82. The molecule has 0 amide bonds. The Labute approximate surface area is 206 Å². The highest BCUT2D eigenvalue weighted by molar-refractivity contribution is 6.42. The van der Waals surface area contributed by atoms with E-state index in [-0.39, 0.29) is 17.5 Å². The molecule has 0 atom stereocenters. The molecule has 1 saturated heterocycles. The number of piperidine rings is 1. The monoisotopic (exact) mass is 495 g/mol. The molecule has 2 aliphatic heterocycles. The zero-order chi connectivity index (χ0) is 23.7. The van der Waals surface area contributed by atoms with Crippen LogP contribution in [0, 0.1) is 0 Å². The van der Waals surface area contributed by atoms with Crippen LogP contribution in [0.3, 0.4) is 0 Å². The first-order valence-corrected chi connectivity index (χ1v) is 12.0. The molecule has 0 unspecified atom stereocenters. The minimum absolute atomic E-state index is 0.0927. The molecule has 3 aromatic rings. The molecule has 0 aliphatic carbocycles. The van der Waals surface area contributed by atoms with E-state index in [0.717, 1.165) is 50.0 Å². The second kappa shape index (κ2) is 9.60. The van der Waals surface area contributed by atoms with E-state index in [0.29, 0.717) is 27.0 Å². The number of fused-ring (bicyclic) bond motifs is 1. The molecule has 0 bridgehead atoms. The number of ketones is 1. The van der Waals surface area contributed by atoms with Crippen LogP contribution < -0.4 is 5.69 Å². The first-order chi connectivity index (χ1) is 16.5. The van der Waals surface area contributed by atoms with Crippen molar-refractivity contribution in [1.82, 2.24) is 19.4 Å². The molecule has 0 saturated carbocycles. The Kier molecular flexibility index (Phi) is 6.39. The van der Waals surface area contributed by atoms with E-state index in [4.69, 9.17) is 23.2 Å². The smallest absolute Gasteiger partial charge is 0.327 e. The summed E-state index contributed by atoms with van der Waals surface area (Å²) in [6, 6.07) is 8.71. The summed E-state index contributed by atoms with van der Waals surface area (Å²) in [6.07, 6.45) is 10.7. The fourth-order valence-electron chi connectivity index (χ4n) is 4.54. The molecule has 0 radical (unpaired) electrons. The number of aromatic nitrogens is 3. The largest absolute Gasteiger partial charge is 0.372 e. The van der Waals surface area contributed by atoms with Crippen molar-refractivity contribution in [3.05, 3.63) is 86.2 Å². The number of carbonyl (C=O) groups is 1. The van der Waals surface area contributed by atoms with Gasteiger partial charge < -0.3 is 4.90 Å². The molecule has 4 heterocycles. The third-order valence-electron chi connectivity index (χ3n) is 6.26. The fraction of sp³-hybridized carbons (Fsp3) is 0.280. The minimum Gasteiger partial charge on any atom is -0.372 e. The molecule has 1 fully saturated rings. The maximum absolute atomic E-state index is 13.1. The highest BCUT2D eigenvalue weighted by Gasteiger charge is 2.25. The van der Waals surface area contributed by atoms with E-state index in [9.17, 15) is 9.59 Å². The van der Waals surface area contributed by atoms with Gasteiger partial charge in [-0.3, -0.25) is 19.3 Å². The molecule has 0 spiro atoms. The van der Waals surface area contributed by atoms with Gasteiger partial charge in [-0.15, -0.1) is 0 Å². The van der Waals surface area contributed by atoms with Gasteiger partial charge in [0.2, 0.25) is 5.78 Å². The third kappa shape index (κ3) is 4.45. The summed E-state index contributed by atoms with van der Waals surface area (Å²) in [5.41, 5.74) is 3.12. The van der Waals surface area contributed by atoms with Crippen molar-refractivity contribution < 1.29 is 4.79 Å². The van der Waals surface area contributed by atoms with Crippen molar-refractivity contribution in [2.24, 2.45) is 4.99 Å². The van der Waals surface area contributed by atoms with Gasteiger partial charge in [0.25, 0.3) is 0 Å². The van der Waals surface area contributed by atoms with Crippen LogP contribution in [-0.4, -0.2) is 44.5 Å². The predicted octanol–water partition coefficient (Wildman–Crippen LogP) is 5.18. The number of halogens is 2. The Morgan fingerprint density at radius 3 is 2.71 bits per heavy atom. The molecule has 7 nitrogen and oxygen atoms in total. The van der Waals surface area contributed by atoms with Crippen LogP contribution in [0.5, 0.6) is 0 Å². The number of hydrogen-bond acceptors (Lipinski definition) is 5. The number of imidazole rings is 1. The lowest BCUT2D eigenvalue weighted by molar-refractivity contribution is 0.103.